The number of aryl methyl sites for hydroxylation is 2. The summed E-state index contributed by atoms with van der Waals surface area (Å²) in [5.74, 6) is 2.05. The quantitative estimate of drug-likeness (QED) is 0.260. The first-order chi connectivity index (χ1) is 12.9. The maximum Gasteiger partial charge on any atom is 0.225 e. The number of carbonyl (C=O) groups is 1. The van der Waals surface area contributed by atoms with Crippen LogP contribution < -0.4 is 15.4 Å². The van der Waals surface area contributed by atoms with Crippen LogP contribution in [0.4, 0.5) is 0 Å². The third kappa shape index (κ3) is 7.14. The fourth-order valence-corrected chi connectivity index (χ4v) is 3.31. The Labute approximate surface area is 186 Å². The largest absolute Gasteiger partial charge is 0.493 e. The third-order valence-corrected chi connectivity index (χ3v) is 4.83. The summed E-state index contributed by atoms with van der Waals surface area (Å²) in [6, 6.07) is 6.45. The van der Waals surface area contributed by atoms with E-state index in [1.54, 1.807) is 7.05 Å². The summed E-state index contributed by atoms with van der Waals surface area (Å²) in [5.41, 5.74) is 2.34. The van der Waals surface area contributed by atoms with Crippen LogP contribution in [-0.2, 0) is 4.79 Å². The van der Waals surface area contributed by atoms with Crippen LogP contribution in [-0.4, -0.2) is 56.1 Å². The lowest BCUT2D eigenvalue weighted by atomic mass is 10.1. The van der Waals surface area contributed by atoms with Crippen molar-refractivity contribution < 1.29 is 9.53 Å². The highest BCUT2D eigenvalue weighted by atomic mass is 127. The normalized spacial score (nSPS) is 16.7. The molecule has 1 aliphatic heterocycles. The van der Waals surface area contributed by atoms with Crippen molar-refractivity contribution >= 4 is 35.8 Å². The smallest absolute Gasteiger partial charge is 0.225 e. The lowest BCUT2D eigenvalue weighted by Crippen LogP contribution is -2.45. The van der Waals surface area contributed by atoms with Crippen molar-refractivity contribution in [3.8, 4) is 5.75 Å². The second-order valence-electron chi connectivity index (χ2n) is 7.49. The summed E-state index contributed by atoms with van der Waals surface area (Å²) in [6.07, 6.45) is 1.84. The monoisotopic (exact) mass is 502 g/mol. The molecule has 1 heterocycles. The Bertz CT molecular complexity index is 644. The van der Waals surface area contributed by atoms with E-state index in [1.165, 1.54) is 11.1 Å². The van der Waals surface area contributed by atoms with E-state index in [4.69, 9.17) is 4.74 Å². The predicted molar refractivity (Wildman–Crippen MR) is 126 cm³/mol. The van der Waals surface area contributed by atoms with Gasteiger partial charge in [0.05, 0.1) is 6.61 Å². The number of nitrogens with zero attached hydrogens (tertiary/aromatic N) is 2. The summed E-state index contributed by atoms with van der Waals surface area (Å²) >= 11 is 0. The molecule has 0 spiro atoms. The van der Waals surface area contributed by atoms with Gasteiger partial charge in [-0.1, -0.05) is 32.0 Å². The number of ether oxygens (including phenoxy) is 1. The second kappa shape index (κ2) is 12.1. The van der Waals surface area contributed by atoms with E-state index in [2.05, 4.69) is 41.6 Å². The Morgan fingerprint density at radius 3 is 2.61 bits per heavy atom. The maximum atomic E-state index is 12.1. The minimum absolute atomic E-state index is 0. The minimum Gasteiger partial charge on any atom is -0.493 e. The number of amides is 1. The molecule has 0 aromatic heterocycles. The van der Waals surface area contributed by atoms with E-state index in [1.807, 2.05) is 24.8 Å². The van der Waals surface area contributed by atoms with Crippen molar-refractivity contribution in [1.29, 1.82) is 0 Å². The third-order valence-electron chi connectivity index (χ3n) is 4.83. The van der Waals surface area contributed by atoms with Gasteiger partial charge in [0.25, 0.3) is 0 Å². The first-order valence-corrected chi connectivity index (χ1v) is 9.87. The number of carbonyl (C=O) groups excluding carboxylic acids is 1. The Hall–Kier alpha value is -1.51. The zero-order valence-corrected chi connectivity index (χ0v) is 20.1. The standard InChI is InChI=1S/C21H34N4O2.HI/c1-15(2)20(26)25-12-10-18(14-25)24-21(22-5)23-11-7-13-27-19-16(3)8-6-9-17(19)4;/h6,8-9,15,18H,7,10-14H2,1-5H3,(H2,22,23,24);1H. The summed E-state index contributed by atoms with van der Waals surface area (Å²) < 4.78 is 5.93. The molecule has 1 unspecified atom stereocenters. The number of likely N-dealkylation sites (tertiary alicyclic amines) is 1. The predicted octanol–water partition coefficient (Wildman–Crippen LogP) is 3.11. The molecule has 2 rings (SSSR count). The highest BCUT2D eigenvalue weighted by Crippen LogP contribution is 2.22. The first-order valence-electron chi connectivity index (χ1n) is 9.87. The molecule has 1 amide bonds. The molecule has 28 heavy (non-hydrogen) atoms. The van der Waals surface area contributed by atoms with Crippen LogP contribution in [0, 0.1) is 19.8 Å². The van der Waals surface area contributed by atoms with E-state index < -0.39 is 0 Å². The number of rotatable bonds is 7. The van der Waals surface area contributed by atoms with Crippen molar-refractivity contribution in [2.75, 3.05) is 33.3 Å². The number of nitrogens with one attached hydrogen (secondary N) is 2. The molecule has 1 atom stereocenters. The Balaban J connectivity index is 0.00000392. The molecule has 1 aromatic rings. The van der Waals surface area contributed by atoms with Gasteiger partial charge in [0.2, 0.25) is 5.91 Å². The molecule has 1 fully saturated rings. The van der Waals surface area contributed by atoms with Crippen molar-refractivity contribution in [1.82, 2.24) is 15.5 Å². The van der Waals surface area contributed by atoms with Crippen LogP contribution in [0.1, 0.15) is 37.8 Å². The van der Waals surface area contributed by atoms with Crippen molar-refractivity contribution in [3.05, 3.63) is 29.3 Å². The van der Waals surface area contributed by atoms with Gasteiger partial charge in [-0.3, -0.25) is 9.79 Å². The van der Waals surface area contributed by atoms with Crippen LogP contribution in [0.3, 0.4) is 0 Å². The fraction of sp³-hybridized carbons (Fsp3) is 0.619. The average molecular weight is 502 g/mol. The molecule has 0 aliphatic carbocycles. The Kier molecular flexibility index (Phi) is 10.6. The number of halogens is 1. The lowest BCUT2D eigenvalue weighted by Gasteiger charge is -2.20. The number of guanidine groups is 1. The number of hydrogen-bond acceptors (Lipinski definition) is 3. The van der Waals surface area contributed by atoms with Gasteiger partial charge in [0, 0.05) is 38.6 Å². The molecule has 2 N–H and O–H groups in total. The lowest BCUT2D eigenvalue weighted by molar-refractivity contribution is -0.133. The molecule has 0 radical (unpaired) electrons. The van der Waals surface area contributed by atoms with Gasteiger partial charge in [-0.05, 0) is 37.8 Å². The topological polar surface area (TPSA) is 66.0 Å². The Morgan fingerprint density at radius 1 is 1.32 bits per heavy atom. The zero-order valence-electron chi connectivity index (χ0n) is 17.7. The van der Waals surface area contributed by atoms with Gasteiger partial charge in [-0.25, -0.2) is 0 Å². The van der Waals surface area contributed by atoms with E-state index in [9.17, 15) is 4.79 Å². The van der Waals surface area contributed by atoms with Gasteiger partial charge in [-0.15, -0.1) is 24.0 Å². The molecule has 1 saturated heterocycles. The second-order valence-corrected chi connectivity index (χ2v) is 7.49. The molecule has 7 heteroatoms. The first kappa shape index (κ1) is 24.5. The molecule has 0 bridgehead atoms. The zero-order chi connectivity index (χ0) is 19.8. The molecule has 1 aromatic carbocycles. The van der Waals surface area contributed by atoms with Crippen LogP contribution >= 0.6 is 24.0 Å². The van der Waals surface area contributed by atoms with E-state index >= 15 is 0 Å². The van der Waals surface area contributed by atoms with Crippen molar-refractivity contribution in [2.45, 2.75) is 46.6 Å². The van der Waals surface area contributed by atoms with E-state index in [0.29, 0.717) is 6.61 Å². The summed E-state index contributed by atoms with van der Waals surface area (Å²) in [4.78, 5) is 18.3. The number of hydrogen-bond donors (Lipinski definition) is 2. The van der Waals surface area contributed by atoms with Gasteiger partial charge >= 0.3 is 0 Å². The molecule has 1 aliphatic rings. The van der Waals surface area contributed by atoms with Crippen LogP contribution in [0.15, 0.2) is 23.2 Å². The SMILES string of the molecule is CN=C(NCCCOc1c(C)cccc1C)NC1CCN(C(=O)C(C)C)C1.I. The average Bonchev–Trinajstić information content (AvgIpc) is 3.10. The van der Waals surface area contributed by atoms with Crippen LogP contribution in [0.2, 0.25) is 0 Å². The van der Waals surface area contributed by atoms with Crippen LogP contribution in [0.25, 0.3) is 0 Å². The number of benzene rings is 1. The number of aliphatic imine (C=N–C) groups is 1. The molecular formula is C21H35IN4O2. The summed E-state index contributed by atoms with van der Waals surface area (Å²) in [5, 5.41) is 6.75. The molecule has 0 saturated carbocycles. The molecular weight excluding hydrogens is 467 g/mol. The molecule has 158 valence electrons. The van der Waals surface area contributed by atoms with E-state index in [0.717, 1.165) is 44.2 Å². The van der Waals surface area contributed by atoms with Gasteiger partial charge in [0.15, 0.2) is 5.96 Å². The fourth-order valence-electron chi connectivity index (χ4n) is 3.31. The summed E-state index contributed by atoms with van der Waals surface area (Å²) in [6.45, 7) is 11.0. The molecule has 6 nitrogen and oxygen atoms in total. The Morgan fingerprint density at radius 2 is 2.00 bits per heavy atom. The van der Waals surface area contributed by atoms with E-state index in [-0.39, 0.29) is 41.8 Å². The maximum absolute atomic E-state index is 12.1. The van der Waals surface area contributed by atoms with Crippen molar-refractivity contribution in [3.63, 3.8) is 0 Å². The number of para-hydroxylation sites is 1. The highest BCUT2D eigenvalue weighted by Gasteiger charge is 2.27. The highest BCUT2D eigenvalue weighted by molar-refractivity contribution is 14.0. The summed E-state index contributed by atoms with van der Waals surface area (Å²) in [7, 11) is 1.77. The van der Waals surface area contributed by atoms with Crippen molar-refractivity contribution in [2.24, 2.45) is 10.9 Å². The van der Waals surface area contributed by atoms with Gasteiger partial charge < -0.3 is 20.3 Å². The minimum atomic E-state index is 0. The van der Waals surface area contributed by atoms with Gasteiger partial charge in [-0.2, -0.15) is 0 Å². The van der Waals surface area contributed by atoms with Crippen LogP contribution in [0.5, 0.6) is 5.75 Å². The van der Waals surface area contributed by atoms with Gasteiger partial charge in [0.1, 0.15) is 5.75 Å².